The molecule has 4 aromatic carbocycles. The highest BCUT2D eigenvalue weighted by atomic mass is 32.2. The summed E-state index contributed by atoms with van der Waals surface area (Å²) in [6, 6.07) is 35.7. The number of benzene rings is 4. The first-order valence-electron chi connectivity index (χ1n) is 12.4. The molecule has 0 radical (unpaired) electrons. The Balaban J connectivity index is 1.47. The minimum atomic E-state index is -0.788. The molecule has 38 heavy (non-hydrogen) atoms. The van der Waals surface area contributed by atoms with Crippen LogP contribution >= 0.6 is 0 Å². The summed E-state index contributed by atoms with van der Waals surface area (Å²) in [5, 5.41) is 10.4. The number of hydrogen-bond acceptors (Lipinski definition) is 4. The van der Waals surface area contributed by atoms with Gasteiger partial charge in [0, 0.05) is 28.2 Å². The van der Waals surface area contributed by atoms with Gasteiger partial charge in [0.15, 0.2) is 10.6 Å². The number of fused-ring (bicyclic) bond motifs is 1. The zero-order valence-corrected chi connectivity index (χ0v) is 21.7. The van der Waals surface area contributed by atoms with E-state index in [-0.39, 0.29) is 5.12 Å². The quantitative estimate of drug-likeness (QED) is 0.243. The Labute approximate surface area is 224 Å². The summed E-state index contributed by atoms with van der Waals surface area (Å²) in [5.74, 6) is 0.909. The predicted octanol–water partition coefficient (Wildman–Crippen LogP) is 7.01. The molecular weight excluding hydrogens is 488 g/mol. The first-order valence-corrected chi connectivity index (χ1v) is 13.8. The molecule has 0 bridgehead atoms. The summed E-state index contributed by atoms with van der Waals surface area (Å²) in [6.07, 6.45) is 1.97. The Hall–Kier alpha value is -4.55. The van der Waals surface area contributed by atoms with Gasteiger partial charge in [0.05, 0.1) is 5.56 Å². The third-order valence-electron chi connectivity index (χ3n) is 6.43. The second-order valence-electron chi connectivity index (χ2n) is 9.04. The molecule has 6 heteroatoms. The Kier molecular flexibility index (Phi) is 6.54. The Morgan fingerprint density at radius 2 is 1.45 bits per heavy atom. The van der Waals surface area contributed by atoms with Crippen molar-refractivity contribution in [2.24, 2.45) is 0 Å². The van der Waals surface area contributed by atoms with Crippen LogP contribution in [0.25, 0.3) is 33.4 Å². The van der Waals surface area contributed by atoms with Gasteiger partial charge >= 0.3 is 5.12 Å². The molecule has 0 saturated carbocycles. The summed E-state index contributed by atoms with van der Waals surface area (Å²) in [5.41, 5.74) is 6.22. The van der Waals surface area contributed by atoms with Crippen LogP contribution < -0.4 is 0 Å². The van der Waals surface area contributed by atoms with Crippen molar-refractivity contribution in [3.05, 3.63) is 132 Å². The van der Waals surface area contributed by atoms with E-state index in [0.29, 0.717) is 22.8 Å². The fourth-order valence-electron chi connectivity index (χ4n) is 4.47. The van der Waals surface area contributed by atoms with Gasteiger partial charge in [-0.2, -0.15) is 0 Å². The highest BCUT2D eigenvalue weighted by Gasteiger charge is 2.35. The number of hydrogen-bond donors (Lipinski definition) is 1. The van der Waals surface area contributed by atoms with Crippen LogP contribution in [0.2, 0.25) is 0 Å². The van der Waals surface area contributed by atoms with E-state index < -0.39 is 10.9 Å². The molecular formula is C32H25N4OS+. The number of nitrogens with zero attached hydrogens (tertiary/aromatic N) is 3. The van der Waals surface area contributed by atoms with E-state index in [4.69, 9.17) is 4.98 Å². The molecule has 1 N–H and O–H groups in total. The van der Waals surface area contributed by atoms with Gasteiger partial charge in [0.1, 0.15) is 22.3 Å². The van der Waals surface area contributed by atoms with Gasteiger partial charge in [-0.25, -0.2) is 9.78 Å². The average molecular weight is 514 g/mol. The van der Waals surface area contributed by atoms with E-state index in [1.165, 1.54) is 0 Å². The van der Waals surface area contributed by atoms with Gasteiger partial charge in [-0.15, -0.1) is 10.2 Å². The van der Waals surface area contributed by atoms with E-state index in [1.54, 1.807) is 0 Å². The summed E-state index contributed by atoms with van der Waals surface area (Å²) < 4.78 is 0. The van der Waals surface area contributed by atoms with Gasteiger partial charge in [0.25, 0.3) is 0 Å². The zero-order valence-electron chi connectivity index (χ0n) is 20.8. The van der Waals surface area contributed by atoms with Crippen molar-refractivity contribution in [2.75, 3.05) is 0 Å². The fraction of sp³-hybridized carbons (Fsp3) is 0.0625. The number of aromatic nitrogens is 4. The second kappa shape index (κ2) is 10.4. The highest BCUT2D eigenvalue weighted by molar-refractivity contribution is 8.10. The summed E-state index contributed by atoms with van der Waals surface area (Å²) >= 11 is 0. The van der Waals surface area contributed by atoms with Crippen molar-refractivity contribution in [3.8, 4) is 22.5 Å². The van der Waals surface area contributed by atoms with Gasteiger partial charge < -0.3 is 4.98 Å². The van der Waals surface area contributed by atoms with Gasteiger partial charge in [-0.1, -0.05) is 84.4 Å². The lowest BCUT2D eigenvalue weighted by Gasteiger charge is -2.10. The Morgan fingerprint density at radius 3 is 2.21 bits per heavy atom. The molecule has 2 aromatic heterocycles. The maximum Gasteiger partial charge on any atom is 0.368 e. The topological polar surface area (TPSA) is 71.5 Å². The zero-order chi connectivity index (χ0) is 25.9. The van der Waals surface area contributed by atoms with E-state index in [9.17, 15) is 4.79 Å². The van der Waals surface area contributed by atoms with Gasteiger partial charge in [-0.3, -0.25) is 0 Å². The van der Waals surface area contributed by atoms with Crippen molar-refractivity contribution in [1.82, 2.24) is 20.2 Å². The SMILES string of the molecule is Cc1ccc([S+](Cc2nnc(-c3ccccc3)c(-c3c[nH]c4ccccc34)n2)C(=O)c2ccccc2)cc1. The Bertz CT molecular complexity index is 1710. The molecule has 0 aliphatic carbocycles. The van der Waals surface area contributed by atoms with Crippen LogP contribution in [-0.4, -0.2) is 25.3 Å². The maximum absolute atomic E-state index is 13.7. The maximum atomic E-state index is 13.7. The van der Waals surface area contributed by atoms with Gasteiger partial charge in [-0.05, 0) is 37.3 Å². The third-order valence-corrected chi connectivity index (χ3v) is 8.51. The largest absolute Gasteiger partial charge is 0.368 e. The molecule has 0 fully saturated rings. The molecule has 1 unspecified atom stereocenters. The number of aryl methyl sites for hydroxylation is 1. The summed E-state index contributed by atoms with van der Waals surface area (Å²) in [7, 11) is -0.788. The molecule has 0 saturated heterocycles. The van der Waals surface area contributed by atoms with Crippen molar-refractivity contribution >= 4 is 26.9 Å². The number of H-pyrrole nitrogens is 1. The minimum Gasteiger partial charge on any atom is -0.360 e. The monoisotopic (exact) mass is 513 g/mol. The van der Waals surface area contributed by atoms with E-state index in [1.807, 2.05) is 116 Å². The molecule has 2 heterocycles. The summed E-state index contributed by atoms with van der Waals surface area (Å²) in [6.45, 7) is 2.05. The average Bonchev–Trinajstić information content (AvgIpc) is 3.41. The molecule has 1 atom stereocenters. The third kappa shape index (κ3) is 4.74. The van der Waals surface area contributed by atoms with Crippen molar-refractivity contribution in [1.29, 1.82) is 0 Å². The van der Waals surface area contributed by atoms with Crippen LogP contribution in [0.3, 0.4) is 0 Å². The first-order chi connectivity index (χ1) is 18.7. The smallest absolute Gasteiger partial charge is 0.360 e. The lowest BCUT2D eigenvalue weighted by Crippen LogP contribution is -2.20. The van der Waals surface area contributed by atoms with Crippen LogP contribution in [-0.2, 0) is 16.6 Å². The number of nitrogens with one attached hydrogen (secondary N) is 1. The number of carbonyl (C=O) groups is 1. The van der Waals surface area contributed by atoms with Crippen LogP contribution in [0, 0.1) is 6.92 Å². The molecule has 6 aromatic rings. The van der Waals surface area contributed by atoms with E-state index >= 15 is 0 Å². The van der Waals surface area contributed by atoms with Crippen LogP contribution in [0.1, 0.15) is 21.7 Å². The normalized spacial score (nSPS) is 11.9. The second-order valence-corrected chi connectivity index (χ2v) is 11.0. The molecule has 0 aliphatic heterocycles. The highest BCUT2D eigenvalue weighted by Crippen LogP contribution is 2.34. The fourth-order valence-corrected chi connectivity index (χ4v) is 6.25. The van der Waals surface area contributed by atoms with Crippen molar-refractivity contribution in [2.45, 2.75) is 17.6 Å². The van der Waals surface area contributed by atoms with E-state index in [2.05, 4.69) is 21.2 Å². The lowest BCUT2D eigenvalue weighted by molar-refractivity contribution is 0.108. The van der Waals surface area contributed by atoms with Crippen LogP contribution in [0.4, 0.5) is 0 Å². The minimum absolute atomic E-state index is 0.0684. The standard InChI is InChI=1S/C32H25N4OS/c1-22-16-18-25(19-17-22)38(32(37)24-12-6-3-7-13-24)21-29-34-31(27-20-33-28-15-9-8-14-26(27)28)30(36-35-29)23-10-4-2-5-11-23/h2-20,33H,21H2,1H3/q+1. The molecule has 5 nitrogen and oxygen atoms in total. The lowest BCUT2D eigenvalue weighted by atomic mass is 10.0. The van der Waals surface area contributed by atoms with Crippen LogP contribution in [0.15, 0.2) is 120 Å². The van der Waals surface area contributed by atoms with Crippen molar-refractivity contribution in [3.63, 3.8) is 0 Å². The molecule has 0 amide bonds. The molecule has 0 aliphatic rings. The molecule has 0 spiro atoms. The van der Waals surface area contributed by atoms with E-state index in [0.717, 1.165) is 38.2 Å². The molecule has 184 valence electrons. The first kappa shape index (κ1) is 23.8. The Morgan fingerprint density at radius 1 is 0.763 bits per heavy atom. The predicted molar refractivity (Wildman–Crippen MR) is 154 cm³/mol. The number of aromatic amines is 1. The summed E-state index contributed by atoms with van der Waals surface area (Å²) in [4.78, 5) is 23.1. The van der Waals surface area contributed by atoms with Crippen LogP contribution in [0.5, 0.6) is 0 Å². The molecule has 6 rings (SSSR count). The van der Waals surface area contributed by atoms with Crippen molar-refractivity contribution < 1.29 is 4.79 Å². The number of rotatable bonds is 6. The van der Waals surface area contributed by atoms with Gasteiger partial charge in [0.2, 0.25) is 5.82 Å². The number of para-hydroxylation sites is 1. The number of carbonyl (C=O) groups excluding carboxylic acids is 1.